The number of amides is 2. The molecule has 2 rings (SSSR count). The second kappa shape index (κ2) is 9.95. The Morgan fingerprint density at radius 3 is 2.41 bits per heavy atom. The number of hydrogen-bond acceptors (Lipinski definition) is 4. The third-order valence-corrected chi connectivity index (χ3v) is 4.94. The highest BCUT2D eigenvalue weighted by Crippen LogP contribution is 2.21. The van der Waals surface area contributed by atoms with E-state index in [1.165, 1.54) is 0 Å². The maximum atomic E-state index is 12.6. The van der Waals surface area contributed by atoms with Crippen LogP contribution in [0.4, 0.5) is 0 Å². The van der Waals surface area contributed by atoms with E-state index >= 15 is 0 Å². The number of ether oxygens (including phenoxy) is 1. The van der Waals surface area contributed by atoms with Crippen LogP contribution in [0.3, 0.4) is 0 Å². The number of carbonyl (C=O) groups excluding carboxylic acids is 2. The lowest BCUT2D eigenvalue weighted by Crippen LogP contribution is -2.54. The molecule has 1 aromatic rings. The number of nitrogens with two attached hydrogens (primary N) is 1. The third kappa shape index (κ3) is 6.40. The first-order valence-corrected chi connectivity index (χ1v) is 9.18. The van der Waals surface area contributed by atoms with E-state index in [9.17, 15) is 9.59 Å². The highest BCUT2D eigenvalue weighted by Gasteiger charge is 2.30. The first kappa shape index (κ1) is 23.2. The monoisotopic (exact) mass is 397 g/mol. The molecule has 1 saturated heterocycles. The summed E-state index contributed by atoms with van der Waals surface area (Å²) < 4.78 is 5.31. The predicted molar refractivity (Wildman–Crippen MR) is 109 cm³/mol. The molecular formula is C20H32ClN3O3. The number of carbonyl (C=O) groups is 2. The molecule has 0 unspecified atom stereocenters. The first-order chi connectivity index (χ1) is 12.2. The molecule has 0 saturated carbocycles. The summed E-state index contributed by atoms with van der Waals surface area (Å²) in [6.07, 6.45) is 1.83. The van der Waals surface area contributed by atoms with Crippen molar-refractivity contribution in [3.63, 3.8) is 0 Å². The average molecular weight is 398 g/mol. The molecular weight excluding hydrogens is 366 g/mol. The van der Waals surface area contributed by atoms with Crippen LogP contribution in [0, 0.1) is 5.41 Å². The quantitative estimate of drug-likeness (QED) is 0.797. The van der Waals surface area contributed by atoms with Gasteiger partial charge in [-0.15, -0.1) is 12.4 Å². The van der Waals surface area contributed by atoms with Crippen LogP contribution in [0.5, 0.6) is 5.75 Å². The van der Waals surface area contributed by atoms with Crippen LogP contribution in [0.15, 0.2) is 24.3 Å². The SMILES string of the molecule is COc1ccccc1CC(=O)N1CCC(NC(=O)[C@@H](N)C(C)(C)C)CC1.Cl. The van der Waals surface area contributed by atoms with Gasteiger partial charge in [0.25, 0.3) is 0 Å². The smallest absolute Gasteiger partial charge is 0.237 e. The highest BCUT2D eigenvalue weighted by molar-refractivity contribution is 5.85. The van der Waals surface area contributed by atoms with Gasteiger partial charge in [-0.05, 0) is 24.3 Å². The maximum Gasteiger partial charge on any atom is 0.237 e. The van der Waals surface area contributed by atoms with Crippen molar-refractivity contribution in [2.45, 2.75) is 52.1 Å². The van der Waals surface area contributed by atoms with Gasteiger partial charge in [0.15, 0.2) is 0 Å². The van der Waals surface area contributed by atoms with Crippen LogP contribution in [0.1, 0.15) is 39.2 Å². The van der Waals surface area contributed by atoms with Crippen molar-refractivity contribution in [1.82, 2.24) is 10.2 Å². The van der Waals surface area contributed by atoms with Crippen molar-refractivity contribution in [1.29, 1.82) is 0 Å². The van der Waals surface area contributed by atoms with Crippen LogP contribution in [-0.2, 0) is 16.0 Å². The van der Waals surface area contributed by atoms with Crippen molar-refractivity contribution in [2.24, 2.45) is 11.1 Å². The lowest BCUT2D eigenvalue weighted by atomic mass is 9.86. The van der Waals surface area contributed by atoms with Gasteiger partial charge in [-0.1, -0.05) is 39.0 Å². The van der Waals surface area contributed by atoms with Gasteiger partial charge in [0, 0.05) is 24.7 Å². The van der Waals surface area contributed by atoms with Gasteiger partial charge in [0.05, 0.1) is 19.6 Å². The number of likely N-dealkylation sites (tertiary alicyclic amines) is 1. The average Bonchev–Trinajstić information content (AvgIpc) is 2.61. The molecule has 0 spiro atoms. The Balaban J connectivity index is 0.00000364. The molecule has 2 amide bonds. The number of halogens is 1. The van der Waals surface area contributed by atoms with E-state index in [0.29, 0.717) is 19.5 Å². The Hall–Kier alpha value is -1.79. The zero-order chi connectivity index (χ0) is 19.3. The lowest BCUT2D eigenvalue weighted by molar-refractivity contribution is -0.131. The molecule has 0 bridgehead atoms. The topological polar surface area (TPSA) is 84.7 Å². The summed E-state index contributed by atoms with van der Waals surface area (Å²) in [4.78, 5) is 26.7. The molecule has 0 aromatic heterocycles. The number of hydrogen-bond donors (Lipinski definition) is 2. The Kier molecular flexibility index (Phi) is 8.57. The summed E-state index contributed by atoms with van der Waals surface area (Å²) in [5.74, 6) is 0.709. The summed E-state index contributed by atoms with van der Waals surface area (Å²) in [6, 6.07) is 7.12. The Morgan fingerprint density at radius 2 is 1.85 bits per heavy atom. The fourth-order valence-corrected chi connectivity index (χ4v) is 3.08. The van der Waals surface area contributed by atoms with Crippen LogP contribution in [-0.4, -0.2) is 49.0 Å². The van der Waals surface area contributed by atoms with E-state index in [1.54, 1.807) is 7.11 Å². The predicted octanol–water partition coefficient (Wildman–Crippen LogP) is 2.14. The highest BCUT2D eigenvalue weighted by atomic mass is 35.5. The molecule has 152 valence electrons. The van der Waals surface area contributed by atoms with Crippen LogP contribution in [0.2, 0.25) is 0 Å². The number of para-hydroxylation sites is 1. The molecule has 1 atom stereocenters. The van der Waals surface area contributed by atoms with Gasteiger partial charge >= 0.3 is 0 Å². The molecule has 1 heterocycles. The summed E-state index contributed by atoms with van der Waals surface area (Å²) >= 11 is 0. The standard InChI is InChI=1S/C20H31N3O3.ClH/c1-20(2,3)18(21)19(25)22-15-9-11-23(12-10-15)17(24)13-14-7-5-6-8-16(14)26-4;/h5-8,15,18H,9-13,21H2,1-4H3,(H,22,25);1H/t18-;/m1./s1. The Morgan fingerprint density at radius 1 is 1.26 bits per heavy atom. The molecule has 1 aliphatic heterocycles. The van der Waals surface area contributed by atoms with E-state index in [4.69, 9.17) is 10.5 Å². The van der Waals surface area contributed by atoms with Gasteiger partial charge in [-0.3, -0.25) is 9.59 Å². The third-order valence-electron chi connectivity index (χ3n) is 4.94. The minimum Gasteiger partial charge on any atom is -0.496 e. The number of nitrogens with one attached hydrogen (secondary N) is 1. The summed E-state index contributed by atoms with van der Waals surface area (Å²) in [5, 5.41) is 3.03. The van der Waals surface area contributed by atoms with E-state index in [-0.39, 0.29) is 35.7 Å². The largest absolute Gasteiger partial charge is 0.496 e. The molecule has 1 fully saturated rings. The number of piperidine rings is 1. The molecule has 0 aliphatic carbocycles. The van der Waals surface area contributed by atoms with Gasteiger partial charge in [-0.25, -0.2) is 0 Å². The zero-order valence-electron chi connectivity index (χ0n) is 16.7. The molecule has 3 N–H and O–H groups in total. The normalized spacial score (nSPS) is 16.3. The molecule has 27 heavy (non-hydrogen) atoms. The molecule has 6 nitrogen and oxygen atoms in total. The van der Waals surface area contributed by atoms with Crippen molar-refractivity contribution < 1.29 is 14.3 Å². The van der Waals surface area contributed by atoms with Crippen LogP contribution in [0.25, 0.3) is 0 Å². The Labute approximate surface area is 168 Å². The van der Waals surface area contributed by atoms with Gasteiger partial charge in [-0.2, -0.15) is 0 Å². The van der Waals surface area contributed by atoms with Crippen LogP contribution < -0.4 is 15.8 Å². The minimum absolute atomic E-state index is 0. The number of rotatable bonds is 5. The fraction of sp³-hybridized carbons (Fsp3) is 0.600. The number of benzene rings is 1. The second-order valence-electron chi connectivity index (χ2n) is 8.00. The summed E-state index contributed by atoms with van der Waals surface area (Å²) in [7, 11) is 1.61. The lowest BCUT2D eigenvalue weighted by Gasteiger charge is -2.34. The number of methoxy groups -OCH3 is 1. The van der Waals surface area contributed by atoms with Crippen molar-refractivity contribution in [3.05, 3.63) is 29.8 Å². The number of nitrogens with zero attached hydrogens (tertiary/aromatic N) is 1. The minimum atomic E-state index is -0.535. The van der Waals surface area contributed by atoms with E-state index < -0.39 is 6.04 Å². The van der Waals surface area contributed by atoms with Crippen molar-refractivity contribution in [3.8, 4) is 5.75 Å². The van der Waals surface area contributed by atoms with Crippen molar-refractivity contribution in [2.75, 3.05) is 20.2 Å². The van der Waals surface area contributed by atoms with E-state index in [2.05, 4.69) is 5.32 Å². The summed E-state index contributed by atoms with van der Waals surface area (Å²) in [5.41, 5.74) is 6.64. The molecule has 0 radical (unpaired) electrons. The summed E-state index contributed by atoms with van der Waals surface area (Å²) in [6.45, 7) is 7.15. The van der Waals surface area contributed by atoms with Gasteiger partial charge in [0.2, 0.25) is 11.8 Å². The molecule has 1 aliphatic rings. The Bertz CT molecular complexity index is 638. The second-order valence-corrected chi connectivity index (χ2v) is 8.00. The first-order valence-electron chi connectivity index (χ1n) is 9.18. The van der Waals surface area contributed by atoms with E-state index in [1.807, 2.05) is 49.9 Å². The van der Waals surface area contributed by atoms with E-state index in [0.717, 1.165) is 24.2 Å². The zero-order valence-corrected chi connectivity index (χ0v) is 17.5. The molecule has 1 aromatic carbocycles. The van der Waals surface area contributed by atoms with Crippen molar-refractivity contribution >= 4 is 24.2 Å². The molecule has 7 heteroatoms. The van der Waals surface area contributed by atoms with Gasteiger partial charge < -0.3 is 20.7 Å². The van der Waals surface area contributed by atoms with Gasteiger partial charge in [0.1, 0.15) is 5.75 Å². The fourth-order valence-electron chi connectivity index (χ4n) is 3.08. The maximum absolute atomic E-state index is 12.6. The van der Waals surface area contributed by atoms with Crippen LogP contribution >= 0.6 is 12.4 Å².